The molecule has 0 atom stereocenters. The summed E-state index contributed by atoms with van der Waals surface area (Å²) in [5.41, 5.74) is 0. The second kappa shape index (κ2) is 7.39. The highest BCUT2D eigenvalue weighted by Crippen LogP contribution is 2.22. The van der Waals surface area contributed by atoms with E-state index in [-0.39, 0.29) is 17.9 Å². The summed E-state index contributed by atoms with van der Waals surface area (Å²) in [7, 11) is -3.72. The Bertz CT molecular complexity index is 512. The average Bonchev–Trinajstić information content (AvgIpc) is 2.80. The Morgan fingerprint density at radius 2 is 2.05 bits per heavy atom. The number of hydrogen-bond acceptors (Lipinski definition) is 4. The van der Waals surface area contributed by atoms with Crippen molar-refractivity contribution in [1.29, 1.82) is 0 Å². The molecule has 116 valence electrons. The summed E-state index contributed by atoms with van der Waals surface area (Å²) in [4.78, 5) is 0.963. The first kappa shape index (κ1) is 17.4. The van der Waals surface area contributed by atoms with E-state index in [4.69, 9.17) is 0 Å². The Morgan fingerprint density at radius 3 is 2.65 bits per heavy atom. The lowest BCUT2D eigenvalue weighted by molar-refractivity contribution is -0.135. The van der Waals surface area contributed by atoms with Crippen molar-refractivity contribution >= 4 is 21.4 Å². The van der Waals surface area contributed by atoms with Gasteiger partial charge in [-0.05, 0) is 19.0 Å². The van der Waals surface area contributed by atoms with E-state index >= 15 is 0 Å². The zero-order valence-corrected chi connectivity index (χ0v) is 12.6. The van der Waals surface area contributed by atoms with Crippen molar-refractivity contribution in [1.82, 2.24) is 10.0 Å². The first-order valence-corrected chi connectivity index (χ1v) is 8.45. The van der Waals surface area contributed by atoms with Gasteiger partial charge in [0.25, 0.3) is 0 Å². The minimum atomic E-state index is -4.26. The van der Waals surface area contributed by atoms with E-state index in [2.05, 4.69) is 10.0 Å². The summed E-state index contributed by atoms with van der Waals surface area (Å²) in [5.74, 6) is 0. The van der Waals surface area contributed by atoms with E-state index in [1.54, 1.807) is 0 Å². The van der Waals surface area contributed by atoms with Crippen LogP contribution >= 0.6 is 11.3 Å². The van der Waals surface area contributed by atoms with Crippen molar-refractivity contribution < 1.29 is 21.6 Å². The Kier molecular flexibility index (Phi) is 6.44. The predicted molar refractivity (Wildman–Crippen MR) is 72.2 cm³/mol. The molecule has 0 radical (unpaired) electrons. The van der Waals surface area contributed by atoms with E-state index in [1.807, 2.05) is 6.92 Å². The van der Waals surface area contributed by atoms with Crippen molar-refractivity contribution in [2.45, 2.75) is 37.4 Å². The van der Waals surface area contributed by atoms with Gasteiger partial charge in [0.2, 0.25) is 10.0 Å². The van der Waals surface area contributed by atoms with Gasteiger partial charge >= 0.3 is 6.18 Å². The molecule has 9 heteroatoms. The fourth-order valence-electron chi connectivity index (χ4n) is 1.42. The molecule has 0 aliphatic heterocycles. The second-order valence-electron chi connectivity index (χ2n) is 4.15. The lowest BCUT2D eigenvalue weighted by atomic mass is 10.3. The fourth-order valence-corrected chi connectivity index (χ4v) is 3.74. The molecule has 0 bridgehead atoms. The summed E-state index contributed by atoms with van der Waals surface area (Å²) in [5, 5.41) is 4.55. The number of hydrogen-bond donors (Lipinski definition) is 2. The SMILES string of the molecule is CCNCc1cc(S(=O)(=O)NCCCC(F)(F)F)cs1. The van der Waals surface area contributed by atoms with Gasteiger partial charge in [0.05, 0.1) is 4.90 Å². The molecule has 0 aromatic carbocycles. The Labute approximate surface area is 120 Å². The zero-order valence-electron chi connectivity index (χ0n) is 11.0. The van der Waals surface area contributed by atoms with Crippen LogP contribution in [0.5, 0.6) is 0 Å². The predicted octanol–water partition coefficient (Wildman–Crippen LogP) is 2.48. The molecule has 20 heavy (non-hydrogen) atoms. The maximum atomic E-state index is 11.9. The minimum Gasteiger partial charge on any atom is -0.312 e. The van der Waals surface area contributed by atoms with Gasteiger partial charge in [0.1, 0.15) is 0 Å². The number of rotatable bonds is 8. The van der Waals surface area contributed by atoms with E-state index in [9.17, 15) is 21.6 Å². The molecule has 0 aliphatic rings. The first-order valence-electron chi connectivity index (χ1n) is 6.09. The highest BCUT2D eigenvalue weighted by Gasteiger charge is 2.26. The van der Waals surface area contributed by atoms with Crippen molar-refractivity contribution in [3.8, 4) is 0 Å². The first-order chi connectivity index (χ1) is 9.24. The third kappa shape index (κ3) is 6.21. The van der Waals surface area contributed by atoms with E-state index < -0.39 is 22.6 Å². The zero-order chi connectivity index (χ0) is 15.2. The monoisotopic (exact) mass is 330 g/mol. The summed E-state index contributed by atoms with van der Waals surface area (Å²) < 4.78 is 61.7. The van der Waals surface area contributed by atoms with Crippen molar-refractivity contribution in [2.75, 3.05) is 13.1 Å². The highest BCUT2D eigenvalue weighted by molar-refractivity contribution is 7.89. The van der Waals surface area contributed by atoms with E-state index in [0.717, 1.165) is 11.4 Å². The molecule has 0 saturated carbocycles. The Balaban J connectivity index is 2.49. The van der Waals surface area contributed by atoms with Crippen LogP contribution in [0, 0.1) is 0 Å². The molecule has 1 aromatic rings. The summed E-state index contributed by atoms with van der Waals surface area (Å²) >= 11 is 1.30. The molecular weight excluding hydrogens is 313 g/mol. The van der Waals surface area contributed by atoms with Crippen molar-refractivity contribution in [3.63, 3.8) is 0 Å². The molecule has 1 aromatic heterocycles. The van der Waals surface area contributed by atoms with Gasteiger partial charge in [-0.15, -0.1) is 11.3 Å². The van der Waals surface area contributed by atoms with Crippen LogP contribution in [-0.2, 0) is 16.6 Å². The van der Waals surface area contributed by atoms with Gasteiger partial charge < -0.3 is 5.32 Å². The molecule has 1 heterocycles. The van der Waals surface area contributed by atoms with Gasteiger partial charge in [0.15, 0.2) is 0 Å². The lowest BCUT2D eigenvalue weighted by Gasteiger charge is -2.07. The molecule has 4 nitrogen and oxygen atoms in total. The lowest BCUT2D eigenvalue weighted by Crippen LogP contribution is -2.25. The van der Waals surface area contributed by atoms with Crippen LogP contribution in [0.4, 0.5) is 13.2 Å². The maximum absolute atomic E-state index is 11.9. The molecule has 0 amide bonds. The Hall–Kier alpha value is -0.640. The van der Waals surface area contributed by atoms with E-state index in [1.165, 1.54) is 22.8 Å². The van der Waals surface area contributed by atoms with Crippen LogP contribution in [-0.4, -0.2) is 27.7 Å². The van der Waals surface area contributed by atoms with Crippen LogP contribution in [0.3, 0.4) is 0 Å². The summed E-state index contributed by atoms with van der Waals surface area (Å²) in [6.45, 7) is 3.06. The molecule has 0 spiro atoms. The van der Waals surface area contributed by atoms with E-state index in [0.29, 0.717) is 6.54 Å². The van der Waals surface area contributed by atoms with Crippen LogP contribution in [0.15, 0.2) is 16.3 Å². The standard InChI is InChI=1S/C11H17F3N2O2S2/c1-2-15-7-9-6-10(8-19-9)20(17,18)16-5-3-4-11(12,13)14/h6,8,15-16H,2-5,7H2,1H3. The largest absolute Gasteiger partial charge is 0.389 e. The second-order valence-corrected chi connectivity index (χ2v) is 6.91. The molecule has 0 saturated heterocycles. The van der Waals surface area contributed by atoms with Crippen LogP contribution in [0.1, 0.15) is 24.6 Å². The van der Waals surface area contributed by atoms with Gasteiger partial charge in [0, 0.05) is 29.8 Å². The third-order valence-corrected chi connectivity index (χ3v) is 4.94. The normalized spacial score (nSPS) is 12.8. The fraction of sp³-hybridized carbons (Fsp3) is 0.636. The van der Waals surface area contributed by atoms with Gasteiger partial charge in [-0.25, -0.2) is 13.1 Å². The molecular formula is C11H17F3N2O2S2. The topological polar surface area (TPSA) is 58.2 Å². The molecule has 0 fully saturated rings. The Morgan fingerprint density at radius 1 is 1.35 bits per heavy atom. The maximum Gasteiger partial charge on any atom is 0.389 e. The summed E-state index contributed by atoms with van der Waals surface area (Å²) in [6.07, 6.45) is -5.52. The third-order valence-electron chi connectivity index (χ3n) is 2.42. The van der Waals surface area contributed by atoms with Gasteiger partial charge in [-0.3, -0.25) is 0 Å². The quantitative estimate of drug-likeness (QED) is 0.720. The summed E-state index contributed by atoms with van der Waals surface area (Å²) in [6, 6.07) is 1.53. The molecule has 0 aliphatic carbocycles. The number of alkyl halides is 3. The van der Waals surface area contributed by atoms with Crippen LogP contribution in [0.25, 0.3) is 0 Å². The molecule has 2 N–H and O–H groups in total. The smallest absolute Gasteiger partial charge is 0.312 e. The number of halogens is 3. The number of sulfonamides is 1. The highest BCUT2D eigenvalue weighted by atomic mass is 32.2. The van der Waals surface area contributed by atoms with Crippen molar-refractivity contribution in [3.05, 3.63) is 16.3 Å². The van der Waals surface area contributed by atoms with Crippen molar-refractivity contribution in [2.24, 2.45) is 0 Å². The number of nitrogens with one attached hydrogen (secondary N) is 2. The van der Waals surface area contributed by atoms with Crippen LogP contribution in [0.2, 0.25) is 0 Å². The molecule has 1 rings (SSSR count). The average molecular weight is 330 g/mol. The number of thiophene rings is 1. The minimum absolute atomic E-state index is 0.0995. The van der Waals surface area contributed by atoms with Crippen LogP contribution < -0.4 is 10.0 Å². The molecule has 0 unspecified atom stereocenters. The van der Waals surface area contributed by atoms with Gasteiger partial charge in [-0.2, -0.15) is 13.2 Å². The van der Waals surface area contributed by atoms with Gasteiger partial charge in [-0.1, -0.05) is 6.92 Å².